The minimum absolute atomic E-state index is 0.0790. The van der Waals surface area contributed by atoms with Gasteiger partial charge in [-0.1, -0.05) is 53.9 Å². The van der Waals surface area contributed by atoms with Crippen molar-refractivity contribution in [2.24, 2.45) is 46.3 Å². The van der Waals surface area contributed by atoms with Gasteiger partial charge >= 0.3 is 0 Å². The second kappa shape index (κ2) is 7.99. The van der Waals surface area contributed by atoms with Crippen LogP contribution in [0.2, 0.25) is 0 Å². The molecule has 0 aliphatic heterocycles. The van der Waals surface area contributed by atoms with Crippen molar-refractivity contribution in [1.29, 1.82) is 0 Å². The van der Waals surface area contributed by atoms with Crippen molar-refractivity contribution in [3.05, 3.63) is 11.6 Å². The third-order valence-electron chi connectivity index (χ3n) is 10.1. The molecule has 0 aromatic heterocycles. The lowest BCUT2D eigenvalue weighted by Gasteiger charge is -2.59. The number of alkyl halides is 1. The Morgan fingerprint density at radius 3 is 2.55 bits per heavy atom. The number of hydrogen-bond acceptors (Lipinski definition) is 1. The standard InChI is InChI=1S/C27H43ClO/c1-17(2)7-6-8-18(3)21-9-10-22-20-16-25(28)24-15-19(29)11-13-27(24,5)23(20)12-14-26(21,22)4/h15,17-18,20-23,25H,6-14,16H2,1-5H3/t18-,20+,21-,22+,23+,25-,26-,27-/m1/s1. The van der Waals surface area contributed by atoms with E-state index in [0.717, 1.165) is 54.8 Å². The zero-order valence-electron chi connectivity index (χ0n) is 19.5. The molecule has 29 heavy (non-hydrogen) atoms. The molecule has 4 rings (SSSR count). The van der Waals surface area contributed by atoms with Crippen LogP contribution in [0.4, 0.5) is 0 Å². The maximum absolute atomic E-state index is 12.1. The Hall–Kier alpha value is -0.300. The van der Waals surface area contributed by atoms with Crippen LogP contribution in [0.1, 0.15) is 98.8 Å². The second-order valence-corrected chi connectivity index (χ2v) is 12.6. The number of carbonyl (C=O) groups is 1. The molecule has 0 heterocycles. The van der Waals surface area contributed by atoms with Crippen molar-refractivity contribution in [2.45, 2.75) is 104 Å². The van der Waals surface area contributed by atoms with Gasteiger partial charge in [-0.2, -0.15) is 0 Å². The van der Waals surface area contributed by atoms with Gasteiger partial charge < -0.3 is 0 Å². The molecule has 0 spiro atoms. The molecule has 0 N–H and O–H groups in total. The molecule has 1 nitrogen and oxygen atoms in total. The predicted molar refractivity (Wildman–Crippen MR) is 123 cm³/mol. The summed E-state index contributed by atoms with van der Waals surface area (Å²) in [5, 5.41) is 0.0790. The highest BCUT2D eigenvalue weighted by atomic mass is 35.5. The molecule has 0 radical (unpaired) electrons. The fraction of sp³-hybridized carbons (Fsp3) is 0.889. The first-order valence-corrected chi connectivity index (χ1v) is 13.0. The van der Waals surface area contributed by atoms with Gasteiger partial charge in [-0.25, -0.2) is 0 Å². The minimum atomic E-state index is 0.0790. The topological polar surface area (TPSA) is 17.1 Å². The number of allylic oxidation sites excluding steroid dienone is 1. The summed E-state index contributed by atoms with van der Waals surface area (Å²) in [7, 11) is 0. The monoisotopic (exact) mass is 418 g/mol. The first-order valence-electron chi connectivity index (χ1n) is 12.6. The summed E-state index contributed by atoms with van der Waals surface area (Å²) in [5.74, 6) is 5.23. The van der Waals surface area contributed by atoms with Gasteiger partial charge in [0, 0.05) is 6.42 Å². The van der Waals surface area contributed by atoms with Crippen LogP contribution in [0, 0.1) is 46.3 Å². The SMILES string of the molecule is CC(C)CCC[C@@H](C)[C@H]1CC[C@H]2[C@@H]3C[C@@H](Cl)C4=CC(=O)CC[C@]4(C)[C@H]3CC[C@]12C. The van der Waals surface area contributed by atoms with Gasteiger partial charge in [-0.3, -0.25) is 4.79 Å². The van der Waals surface area contributed by atoms with Crippen LogP contribution in [0.5, 0.6) is 0 Å². The smallest absolute Gasteiger partial charge is 0.155 e. The van der Waals surface area contributed by atoms with E-state index < -0.39 is 0 Å². The Morgan fingerprint density at radius 2 is 1.83 bits per heavy atom. The van der Waals surface area contributed by atoms with Crippen LogP contribution < -0.4 is 0 Å². The highest BCUT2D eigenvalue weighted by Crippen LogP contribution is 2.68. The molecule has 0 bridgehead atoms. The minimum Gasteiger partial charge on any atom is -0.295 e. The molecule has 8 atom stereocenters. The van der Waals surface area contributed by atoms with Crippen molar-refractivity contribution in [3.63, 3.8) is 0 Å². The Morgan fingerprint density at radius 1 is 1.07 bits per heavy atom. The molecular formula is C27H43ClO. The molecule has 0 saturated heterocycles. The zero-order chi connectivity index (χ0) is 21.0. The van der Waals surface area contributed by atoms with Gasteiger partial charge in [0.1, 0.15) is 0 Å². The quantitative estimate of drug-likeness (QED) is 0.416. The van der Waals surface area contributed by atoms with Crippen molar-refractivity contribution in [2.75, 3.05) is 0 Å². The molecule has 0 amide bonds. The van der Waals surface area contributed by atoms with Gasteiger partial charge in [-0.05, 0) is 96.5 Å². The Balaban J connectivity index is 1.53. The predicted octanol–water partition coefficient (Wildman–Crippen LogP) is 7.81. The average molecular weight is 419 g/mol. The van der Waals surface area contributed by atoms with Crippen LogP contribution >= 0.6 is 11.6 Å². The van der Waals surface area contributed by atoms with E-state index in [4.69, 9.17) is 11.6 Å². The van der Waals surface area contributed by atoms with Gasteiger partial charge in [-0.15, -0.1) is 11.6 Å². The second-order valence-electron chi connectivity index (χ2n) is 12.1. The Bertz CT molecular complexity index is 665. The van der Waals surface area contributed by atoms with Gasteiger partial charge in [0.15, 0.2) is 5.78 Å². The summed E-state index contributed by atoms with van der Waals surface area (Å²) in [5.41, 5.74) is 1.97. The number of hydrogen-bond donors (Lipinski definition) is 0. The summed E-state index contributed by atoms with van der Waals surface area (Å²) in [6.07, 6.45) is 14.6. The fourth-order valence-electron chi connectivity index (χ4n) is 8.58. The van der Waals surface area contributed by atoms with Crippen LogP contribution in [0.15, 0.2) is 11.6 Å². The van der Waals surface area contributed by atoms with E-state index in [1.54, 1.807) is 0 Å². The van der Waals surface area contributed by atoms with Crippen LogP contribution in [0.3, 0.4) is 0 Å². The van der Waals surface area contributed by atoms with E-state index >= 15 is 0 Å². The molecule has 3 saturated carbocycles. The molecular weight excluding hydrogens is 376 g/mol. The van der Waals surface area contributed by atoms with Crippen molar-refractivity contribution in [1.82, 2.24) is 0 Å². The third-order valence-corrected chi connectivity index (χ3v) is 10.6. The summed E-state index contributed by atoms with van der Waals surface area (Å²) in [6.45, 7) is 12.3. The van der Waals surface area contributed by atoms with Crippen molar-refractivity contribution < 1.29 is 4.79 Å². The molecule has 4 aliphatic rings. The van der Waals surface area contributed by atoms with Crippen LogP contribution in [-0.2, 0) is 4.79 Å². The number of halogens is 1. The van der Waals surface area contributed by atoms with Gasteiger partial charge in [0.25, 0.3) is 0 Å². The van der Waals surface area contributed by atoms with E-state index in [1.807, 2.05) is 6.08 Å². The maximum Gasteiger partial charge on any atom is 0.155 e. The van der Waals surface area contributed by atoms with Gasteiger partial charge in [0.05, 0.1) is 5.38 Å². The normalized spacial score (nSPS) is 45.4. The Kier molecular flexibility index (Phi) is 6.04. The first kappa shape index (κ1) is 21.9. The van der Waals surface area contributed by atoms with E-state index in [0.29, 0.717) is 11.2 Å². The highest BCUT2D eigenvalue weighted by molar-refractivity contribution is 6.23. The number of ketones is 1. The van der Waals surface area contributed by atoms with E-state index in [1.165, 1.54) is 50.5 Å². The van der Waals surface area contributed by atoms with Crippen molar-refractivity contribution in [3.8, 4) is 0 Å². The van der Waals surface area contributed by atoms with Crippen LogP contribution in [-0.4, -0.2) is 11.2 Å². The molecule has 3 fully saturated rings. The van der Waals surface area contributed by atoms with Crippen molar-refractivity contribution >= 4 is 17.4 Å². The molecule has 2 heteroatoms. The number of fused-ring (bicyclic) bond motifs is 5. The Labute approximate surface area is 184 Å². The average Bonchev–Trinajstić information content (AvgIpc) is 3.00. The third kappa shape index (κ3) is 3.66. The molecule has 164 valence electrons. The molecule has 0 unspecified atom stereocenters. The van der Waals surface area contributed by atoms with Crippen LogP contribution in [0.25, 0.3) is 0 Å². The number of carbonyl (C=O) groups excluding carboxylic acids is 1. The number of rotatable bonds is 5. The van der Waals surface area contributed by atoms with E-state index in [-0.39, 0.29) is 10.8 Å². The maximum atomic E-state index is 12.1. The highest BCUT2D eigenvalue weighted by Gasteiger charge is 2.60. The lowest BCUT2D eigenvalue weighted by molar-refractivity contribution is -0.117. The first-order chi connectivity index (χ1) is 13.7. The summed E-state index contributed by atoms with van der Waals surface area (Å²) < 4.78 is 0. The fourth-order valence-corrected chi connectivity index (χ4v) is 9.10. The largest absolute Gasteiger partial charge is 0.295 e. The summed E-state index contributed by atoms with van der Waals surface area (Å²) in [6, 6.07) is 0. The van der Waals surface area contributed by atoms with E-state index in [9.17, 15) is 4.79 Å². The lowest BCUT2D eigenvalue weighted by Crippen LogP contribution is -2.53. The molecule has 0 aromatic rings. The van der Waals surface area contributed by atoms with Gasteiger partial charge in [0.2, 0.25) is 0 Å². The zero-order valence-corrected chi connectivity index (χ0v) is 20.2. The lowest BCUT2D eigenvalue weighted by atomic mass is 9.46. The van der Waals surface area contributed by atoms with E-state index in [2.05, 4.69) is 34.6 Å². The summed E-state index contributed by atoms with van der Waals surface area (Å²) >= 11 is 6.98. The molecule has 0 aromatic carbocycles. The summed E-state index contributed by atoms with van der Waals surface area (Å²) in [4.78, 5) is 12.1. The molecule has 4 aliphatic carbocycles.